The number of ether oxygens (including phenoxy) is 1. The van der Waals surface area contributed by atoms with Crippen LogP contribution in [0.15, 0.2) is 36.8 Å². The van der Waals surface area contributed by atoms with Gasteiger partial charge in [0.1, 0.15) is 5.56 Å². The first-order valence-corrected chi connectivity index (χ1v) is 8.80. The van der Waals surface area contributed by atoms with Gasteiger partial charge in [0.2, 0.25) is 0 Å². The van der Waals surface area contributed by atoms with Crippen LogP contribution < -0.4 is 10.1 Å². The van der Waals surface area contributed by atoms with Gasteiger partial charge >= 0.3 is 6.36 Å². The van der Waals surface area contributed by atoms with Crippen molar-refractivity contribution in [1.82, 2.24) is 19.9 Å². The number of rotatable bonds is 5. The molecule has 0 aliphatic rings. The topological polar surface area (TPSA) is 88.8 Å². The summed E-state index contributed by atoms with van der Waals surface area (Å²) in [5, 5.41) is 17.3. The van der Waals surface area contributed by atoms with Crippen molar-refractivity contribution in [2.75, 3.05) is 0 Å². The second-order valence-corrected chi connectivity index (χ2v) is 7.33. The lowest BCUT2D eigenvalue weighted by Gasteiger charge is -2.30. The van der Waals surface area contributed by atoms with Crippen LogP contribution in [0.3, 0.4) is 0 Å². The largest absolute Gasteiger partial charge is 0.573 e. The number of carbonyl (C=O) groups is 1. The van der Waals surface area contributed by atoms with Gasteiger partial charge in [-0.05, 0) is 31.5 Å². The molecule has 3 aromatic rings. The van der Waals surface area contributed by atoms with Crippen molar-refractivity contribution in [3.8, 4) is 5.75 Å². The van der Waals surface area contributed by atoms with E-state index in [-0.39, 0.29) is 16.8 Å². The minimum atomic E-state index is -5.06. The molecule has 0 aliphatic heterocycles. The van der Waals surface area contributed by atoms with Gasteiger partial charge in [0, 0.05) is 6.20 Å². The highest BCUT2D eigenvalue weighted by molar-refractivity contribution is 6.30. The molecule has 1 aromatic carbocycles. The number of alkyl halides is 3. The molecule has 1 unspecified atom stereocenters. The highest BCUT2D eigenvalue weighted by Crippen LogP contribution is 2.31. The molecule has 3 rings (SSSR count). The van der Waals surface area contributed by atoms with E-state index in [4.69, 9.17) is 11.6 Å². The van der Waals surface area contributed by atoms with Crippen LogP contribution in [-0.4, -0.2) is 37.6 Å². The second kappa shape index (κ2) is 7.73. The van der Waals surface area contributed by atoms with Crippen molar-refractivity contribution in [1.29, 1.82) is 0 Å². The number of hydrogen-bond donors (Lipinski definition) is 2. The zero-order valence-electron chi connectivity index (χ0n) is 15.5. The second-order valence-electron chi connectivity index (χ2n) is 6.90. The minimum absolute atomic E-state index is 0.0235. The Hall–Kier alpha value is -2.92. The van der Waals surface area contributed by atoms with Gasteiger partial charge < -0.3 is 15.2 Å². The van der Waals surface area contributed by atoms with E-state index in [0.29, 0.717) is 5.02 Å². The number of hydrogen-bond acceptors (Lipinski definition) is 5. The molecule has 0 aliphatic carbocycles. The molecule has 2 N–H and O–H groups in total. The Morgan fingerprint density at radius 1 is 1.30 bits per heavy atom. The van der Waals surface area contributed by atoms with Gasteiger partial charge in [-0.3, -0.25) is 4.79 Å². The van der Waals surface area contributed by atoms with Gasteiger partial charge in [0.25, 0.3) is 5.91 Å². The average Bonchev–Trinajstić information content (AvgIpc) is 3.02. The predicted molar refractivity (Wildman–Crippen MR) is 97.6 cm³/mol. The normalized spacial score (nSPS) is 13.3. The van der Waals surface area contributed by atoms with Crippen LogP contribution in [0.5, 0.6) is 5.75 Å². The summed E-state index contributed by atoms with van der Waals surface area (Å²) in [6.45, 7) is 2.70. The maximum atomic E-state index is 14.1. The lowest BCUT2D eigenvalue weighted by Crippen LogP contribution is -2.42. The molecular weight excluding hydrogens is 432 g/mol. The highest BCUT2D eigenvalue weighted by Gasteiger charge is 2.34. The predicted octanol–water partition coefficient (Wildman–Crippen LogP) is 3.66. The molecular formula is C18H15ClF4N4O3. The van der Waals surface area contributed by atoms with Crippen LogP contribution in [-0.2, 0) is 0 Å². The summed E-state index contributed by atoms with van der Waals surface area (Å²) in [6.07, 6.45) is -1.08. The van der Waals surface area contributed by atoms with Crippen molar-refractivity contribution < 1.29 is 32.2 Å². The minimum Gasteiger partial charge on any atom is -0.403 e. The Morgan fingerprint density at radius 2 is 2.00 bits per heavy atom. The summed E-state index contributed by atoms with van der Waals surface area (Å²) in [7, 11) is 0. The van der Waals surface area contributed by atoms with Gasteiger partial charge in [0.05, 0.1) is 29.1 Å². The van der Waals surface area contributed by atoms with Crippen LogP contribution in [0, 0.1) is 5.82 Å². The number of aliphatic hydroxyl groups is 1. The van der Waals surface area contributed by atoms with E-state index in [0.717, 1.165) is 18.2 Å². The fraction of sp³-hybridized carbons (Fsp3) is 0.278. The molecule has 0 saturated heterocycles. The van der Waals surface area contributed by atoms with Gasteiger partial charge in [-0.1, -0.05) is 17.7 Å². The molecule has 160 valence electrons. The van der Waals surface area contributed by atoms with Crippen LogP contribution in [0.1, 0.15) is 35.8 Å². The van der Waals surface area contributed by atoms with E-state index >= 15 is 0 Å². The standard InChI is InChI=1S/C18H15ClF4N4O3/c1-17(2,29)14(9-3-4-13(12(20)5-9)30-18(21,22)23)26-16(28)11-7-25-27-8-10(19)6-24-15(11)27/h3-8,14,29H,1-2H3,(H,26,28). The first-order chi connectivity index (χ1) is 13.8. The Kier molecular flexibility index (Phi) is 5.61. The van der Waals surface area contributed by atoms with Crippen LogP contribution >= 0.6 is 11.6 Å². The summed E-state index contributed by atoms with van der Waals surface area (Å²) >= 11 is 5.83. The van der Waals surface area contributed by atoms with E-state index in [1.165, 1.54) is 37.0 Å². The molecule has 0 radical (unpaired) electrons. The number of carbonyl (C=O) groups excluding carboxylic acids is 1. The number of halogens is 5. The lowest BCUT2D eigenvalue weighted by molar-refractivity contribution is -0.275. The van der Waals surface area contributed by atoms with E-state index < -0.39 is 35.5 Å². The number of amides is 1. The van der Waals surface area contributed by atoms with Crippen molar-refractivity contribution >= 4 is 23.2 Å². The molecule has 30 heavy (non-hydrogen) atoms. The third kappa shape index (κ3) is 4.79. The smallest absolute Gasteiger partial charge is 0.403 e. The Balaban J connectivity index is 1.91. The van der Waals surface area contributed by atoms with Crippen molar-refractivity contribution in [3.05, 3.63) is 58.8 Å². The zero-order valence-corrected chi connectivity index (χ0v) is 16.3. The zero-order chi connectivity index (χ0) is 22.3. The summed E-state index contributed by atoms with van der Waals surface area (Å²) in [5.74, 6) is -3.03. The fourth-order valence-electron chi connectivity index (χ4n) is 2.79. The van der Waals surface area contributed by atoms with E-state index in [2.05, 4.69) is 20.1 Å². The molecule has 0 bridgehead atoms. The van der Waals surface area contributed by atoms with Gasteiger partial charge in [-0.25, -0.2) is 13.9 Å². The maximum absolute atomic E-state index is 14.1. The van der Waals surface area contributed by atoms with Crippen LogP contribution in [0.25, 0.3) is 5.65 Å². The maximum Gasteiger partial charge on any atom is 0.573 e. The number of fused-ring (bicyclic) bond motifs is 1. The van der Waals surface area contributed by atoms with Crippen molar-refractivity contribution in [3.63, 3.8) is 0 Å². The third-order valence-corrected chi connectivity index (χ3v) is 4.26. The third-order valence-electron chi connectivity index (χ3n) is 4.07. The van der Waals surface area contributed by atoms with Crippen molar-refractivity contribution in [2.24, 2.45) is 0 Å². The molecule has 0 saturated carbocycles. The molecule has 1 amide bonds. The number of nitrogens with one attached hydrogen (secondary N) is 1. The Bertz CT molecular complexity index is 1100. The molecule has 2 heterocycles. The summed E-state index contributed by atoms with van der Waals surface area (Å²) in [5.41, 5.74) is -1.34. The fourth-order valence-corrected chi connectivity index (χ4v) is 2.93. The summed E-state index contributed by atoms with van der Waals surface area (Å²) in [6, 6.07) is 1.45. The Labute approximate surface area is 172 Å². The van der Waals surface area contributed by atoms with Gasteiger partial charge in [-0.2, -0.15) is 5.10 Å². The molecule has 7 nitrogen and oxygen atoms in total. The van der Waals surface area contributed by atoms with Crippen molar-refractivity contribution in [2.45, 2.75) is 31.9 Å². The lowest BCUT2D eigenvalue weighted by atomic mass is 9.91. The molecule has 0 fully saturated rings. The molecule has 12 heteroatoms. The highest BCUT2D eigenvalue weighted by atomic mass is 35.5. The van der Waals surface area contributed by atoms with E-state index in [1.807, 2.05) is 0 Å². The SMILES string of the molecule is CC(C)(O)C(NC(=O)c1cnn2cc(Cl)cnc12)c1ccc(OC(F)(F)F)c(F)c1. The van der Waals surface area contributed by atoms with Crippen LogP contribution in [0.4, 0.5) is 17.6 Å². The number of benzene rings is 1. The summed E-state index contributed by atoms with van der Waals surface area (Å²) in [4.78, 5) is 16.8. The van der Waals surface area contributed by atoms with Gasteiger partial charge in [0.15, 0.2) is 17.2 Å². The monoisotopic (exact) mass is 446 g/mol. The van der Waals surface area contributed by atoms with Crippen LogP contribution in [0.2, 0.25) is 5.02 Å². The van der Waals surface area contributed by atoms with Gasteiger partial charge in [-0.15, -0.1) is 13.2 Å². The summed E-state index contributed by atoms with van der Waals surface area (Å²) < 4.78 is 56.0. The van der Waals surface area contributed by atoms with E-state index in [9.17, 15) is 27.5 Å². The first-order valence-electron chi connectivity index (χ1n) is 8.42. The van der Waals surface area contributed by atoms with E-state index in [1.54, 1.807) is 0 Å². The number of nitrogens with zero attached hydrogens (tertiary/aromatic N) is 3. The molecule has 0 spiro atoms. The number of aromatic nitrogens is 3. The molecule has 2 aromatic heterocycles. The quantitative estimate of drug-likeness (QED) is 0.584. The Morgan fingerprint density at radius 3 is 2.60 bits per heavy atom. The molecule has 1 atom stereocenters. The first kappa shape index (κ1) is 21.8. The average molecular weight is 447 g/mol.